The first kappa shape index (κ1) is 15.5. The number of hydrogen-bond donors (Lipinski definition) is 0. The minimum atomic E-state index is 0.244. The lowest BCUT2D eigenvalue weighted by Gasteiger charge is -2.34. The van der Waals surface area contributed by atoms with Gasteiger partial charge in [-0.25, -0.2) is 0 Å². The van der Waals surface area contributed by atoms with Gasteiger partial charge in [-0.3, -0.25) is 4.90 Å². The molecule has 0 spiro atoms. The molecule has 1 aliphatic rings. The molecule has 1 aromatic heterocycles. The van der Waals surface area contributed by atoms with Crippen LogP contribution in [0.25, 0.3) is 5.69 Å². The fourth-order valence-corrected chi connectivity index (χ4v) is 3.25. The van der Waals surface area contributed by atoms with Gasteiger partial charge in [0, 0.05) is 18.0 Å². The topological polar surface area (TPSA) is 56.1 Å². The summed E-state index contributed by atoms with van der Waals surface area (Å²) in [5.74, 6) is 0.859. The van der Waals surface area contributed by atoms with Gasteiger partial charge in [-0.1, -0.05) is 0 Å². The molecule has 1 saturated heterocycles. The van der Waals surface area contributed by atoms with Crippen LogP contribution in [0.1, 0.15) is 19.7 Å². The minimum absolute atomic E-state index is 0.244. The van der Waals surface area contributed by atoms with Crippen LogP contribution in [0, 0.1) is 0 Å². The van der Waals surface area contributed by atoms with Crippen molar-refractivity contribution in [2.75, 3.05) is 19.3 Å². The molecule has 0 amide bonds. The van der Waals surface area contributed by atoms with Crippen LogP contribution in [0.5, 0.6) is 0 Å². The lowest BCUT2D eigenvalue weighted by atomic mass is 10.2. The van der Waals surface area contributed by atoms with Gasteiger partial charge in [-0.15, -0.1) is 16.9 Å². The van der Waals surface area contributed by atoms with E-state index in [-0.39, 0.29) is 12.2 Å². The SMILES string of the molecule is CSc1ccc(-n2nnnc2CN2CC(C)OC(C)C2)cc1. The molecular weight excluding hydrogens is 298 g/mol. The Bertz CT molecular complexity index is 605. The van der Waals surface area contributed by atoms with E-state index in [2.05, 4.69) is 64.8 Å². The molecule has 0 radical (unpaired) electrons. The average molecular weight is 319 g/mol. The Labute approximate surface area is 134 Å². The number of tetrazole rings is 1. The van der Waals surface area contributed by atoms with Gasteiger partial charge in [-0.2, -0.15) is 4.68 Å². The minimum Gasteiger partial charge on any atom is -0.373 e. The van der Waals surface area contributed by atoms with Crippen LogP contribution in [0.2, 0.25) is 0 Å². The Morgan fingerprint density at radius 2 is 1.86 bits per heavy atom. The summed E-state index contributed by atoms with van der Waals surface area (Å²) in [4.78, 5) is 3.58. The number of aromatic nitrogens is 4. The van der Waals surface area contributed by atoms with Crippen LogP contribution in [0.15, 0.2) is 29.2 Å². The van der Waals surface area contributed by atoms with Crippen LogP contribution in [-0.4, -0.2) is 56.7 Å². The summed E-state index contributed by atoms with van der Waals surface area (Å²) < 4.78 is 7.59. The number of hydrogen-bond acceptors (Lipinski definition) is 6. The zero-order valence-corrected chi connectivity index (χ0v) is 14.0. The first-order valence-electron chi connectivity index (χ1n) is 7.45. The molecule has 0 saturated carbocycles. The highest BCUT2D eigenvalue weighted by atomic mass is 32.2. The van der Waals surface area contributed by atoms with Gasteiger partial charge >= 0.3 is 0 Å². The van der Waals surface area contributed by atoms with E-state index < -0.39 is 0 Å². The maximum Gasteiger partial charge on any atom is 0.170 e. The summed E-state index contributed by atoms with van der Waals surface area (Å²) in [5, 5.41) is 12.2. The molecule has 2 atom stereocenters. The molecule has 2 aromatic rings. The van der Waals surface area contributed by atoms with E-state index in [4.69, 9.17) is 4.74 Å². The summed E-state index contributed by atoms with van der Waals surface area (Å²) in [7, 11) is 0. The van der Waals surface area contributed by atoms with Crippen LogP contribution in [0.4, 0.5) is 0 Å². The summed E-state index contributed by atoms with van der Waals surface area (Å²) in [5.41, 5.74) is 0.993. The van der Waals surface area contributed by atoms with E-state index in [1.807, 2.05) is 4.68 Å². The predicted octanol–water partition coefficient (Wildman–Crippen LogP) is 1.99. The fourth-order valence-electron chi connectivity index (χ4n) is 2.84. The number of nitrogens with zero attached hydrogens (tertiary/aromatic N) is 5. The molecule has 22 heavy (non-hydrogen) atoms. The molecule has 0 aliphatic carbocycles. The second-order valence-corrected chi connectivity index (χ2v) is 6.54. The zero-order chi connectivity index (χ0) is 15.5. The number of thioether (sulfide) groups is 1. The van der Waals surface area contributed by atoms with E-state index in [0.29, 0.717) is 0 Å². The van der Waals surface area contributed by atoms with Crippen LogP contribution in [0.3, 0.4) is 0 Å². The van der Waals surface area contributed by atoms with Gasteiger partial charge in [0.1, 0.15) is 0 Å². The zero-order valence-electron chi connectivity index (χ0n) is 13.1. The van der Waals surface area contributed by atoms with Crippen molar-refractivity contribution < 1.29 is 4.74 Å². The van der Waals surface area contributed by atoms with Crippen molar-refractivity contribution in [3.8, 4) is 5.69 Å². The first-order chi connectivity index (χ1) is 10.7. The molecular formula is C15H21N5OS. The van der Waals surface area contributed by atoms with Gasteiger partial charge in [-0.05, 0) is 54.8 Å². The Morgan fingerprint density at radius 3 is 2.50 bits per heavy atom. The monoisotopic (exact) mass is 319 g/mol. The van der Waals surface area contributed by atoms with Gasteiger partial charge in [0.2, 0.25) is 0 Å². The lowest BCUT2D eigenvalue weighted by molar-refractivity contribution is -0.0712. The van der Waals surface area contributed by atoms with Crippen molar-refractivity contribution in [1.29, 1.82) is 0 Å². The smallest absolute Gasteiger partial charge is 0.170 e. The standard InChI is InChI=1S/C15H21N5OS/c1-11-8-19(9-12(2)21-11)10-15-16-17-18-20(15)13-4-6-14(22-3)7-5-13/h4-7,11-12H,8-10H2,1-3H3. The molecule has 2 unspecified atom stereocenters. The van der Waals surface area contributed by atoms with Crippen LogP contribution >= 0.6 is 11.8 Å². The Morgan fingerprint density at radius 1 is 1.18 bits per heavy atom. The van der Waals surface area contributed by atoms with Crippen molar-refractivity contribution in [2.24, 2.45) is 0 Å². The summed E-state index contributed by atoms with van der Waals surface area (Å²) in [6, 6.07) is 8.28. The molecule has 1 fully saturated rings. The summed E-state index contributed by atoms with van der Waals surface area (Å²) >= 11 is 1.72. The quantitative estimate of drug-likeness (QED) is 0.803. The molecule has 6 nitrogen and oxygen atoms in total. The molecule has 7 heteroatoms. The number of rotatable bonds is 4. The average Bonchev–Trinajstić information content (AvgIpc) is 2.94. The van der Waals surface area contributed by atoms with Crippen molar-refractivity contribution in [3.05, 3.63) is 30.1 Å². The Kier molecular flexibility index (Phi) is 4.75. The number of ether oxygens (including phenoxy) is 1. The molecule has 1 aliphatic heterocycles. The van der Waals surface area contributed by atoms with Crippen molar-refractivity contribution in [1.82, 2.24) is 25.1 Å². The molecule has 1 aromatic carbocycles. The third-order valence-corrected chi connectivity index (χ3v) is 4.45. The van der Waals surface area contributed by atoms with Gasteiger partial charge < -0.3 is 4.74 Å². The van der Waals surface area contributed by atoms with Gasteiger partial charge in [0.05, 0.1) is 24.4 Å². The van der Waals surface area contributed by atoms with E-state index in [1.54, 1.807) is 11.8 Å². The number of morpholine rings is 1. The molecule has 2 heterocycles. The van der Waals surface area contributed by atoms with Crippen molar-refractivity contribution in [3.63, 3.8) is 0 Å². The second-order valence-electron chi connectivity index (χ2n) is 5.66. The Hall–Kier alpha value is -1.44. The van der Waals surface area contributed by atoms with E-state index in [9.17, 15) is 0 Å². The van der Waals surface area contributed by atoms with E-state index >= 15 is 0 Å². The molecule has 0 bridgehead atoms. The molecule has 0 N–H and O–H groups in total. The molecule has 118 valence electrons. The third kappa shape index (κ3) is 3.48. The predicted molar refractivity (Wildman–Crippen MR) is 86.2 cm³/mol. The maximum atomic E-state index is 5.77. The van der Waals surface area contributed by atoms with E-state index in [1.165, 1.54) is 4.90 Å². The maximum absolute atomic E-state index is 5.77. The largest absolute Gasteiger partial charge is 0.373 e. The highest BCUT2D eigenvalue weighted by Crippen LogP contribution is 2.18. The van der Waals surface area contributed by atoms with Gasteiger partial charge in [0.25, 0.3) is 0 Å². The van der Waals surface area contributed by atoms with Crippen molar-refractivity contribution >= 4 is 11.8 Å². The third-order valence-electron chi connectivity index (χ3n) is 3.71. The molecule has 3 rings (SSSR count). The highest BCUT2D eigenvalue weighted by molar-refractivity contribution is 7.98. The first-order valence-corrected chi connectivity index (χ1v) is 8.67. The Balaban J connectivity index is 1.76. The normalized spacial score (nSPS) is 22.9. The van der Waals surface area contributed by atoms with Gasteiger partial charge in [0.15, 0.2) is 5.82 Å². The van der Waals surface area contributed by atoms with Crippen molar-refractivity contribution in [2.45, 2.75) is 37.5 Å². The second kappa shape index (κ2) is 6.76. The fraction of sp³-hybridized carbons (Fsp3) is 0.533. The lowest BCUT2D eigenvalue weighted by Crippen LogP contribution is -2.45. The highest BCUT2D eigenvalue weighted by Gasteiger charge is 2.24. The summed E-state index contributed by atoms with van der Waals surface area (Å²) in [6.45, 7) is 6.75. The van der Waals surface area contributed by atoms with E-state index in [0.717, 1.165) is 31.1 Å². The van der Waals surface area contributed by atoms with Crippen LogP contribution < -0.4 is 0 Å². The van der Waals surface area contributed by atoms with Crippen LogP contribution in [-0.2, 0) is 11.3 Å². The number of benzene rings is 1. The summed E-state index contributed by atoms with van der Waals surface area (Å²) in [6.07, 6.45) is 2.56.